The van der Waals surface area contributed by atoms with Gasteiger partial charge >= 0.3 is 0 Å². The van der Waals surface area contributed by atoms with Crippen LogP contribution >= 0.6 is 0 Å². The summed E-state index contributed by atoms with van der Waals surface area (Å²) in [5.41, 5.74) is 4.64. The van der Waals surface area contributed by atoms with Crippen LogP contribution in [0.25, 0.3) is 21.9 Å². The maximum absolute atomic E-state index is 9.55. The molecule has 4 rings (SSSR count). The number of rotatable bonds is 1. The Kier molecular flexibility index (Phi) is 2.76. The van der Waals surface area contributed by atoms with Crippen molar-refractivity contribution in [3.05, 3.63) is 53.6 Å². The smallest absolute Gasteiger partial charge is 0.231 e. The zero-order chi connectivity index (χ0) is 15.3. The van der Waals surface area contributed by atoms with Crippen LogP contribution in [0.4, 0.5) is 0 Å². The highest BCUT2D eigenvalue weighted by Crippen LogP contribution is 2.45. The van der Waals surface area contributed by atoms with Gasteiger partial charge < -0.3 is 14.6 Å². The van der Waals surface area contributed by atoms with Gasteiger partial charge in [0, 0.05) is 5.39 Å². The molecule has 3 nitrogen and oxygen atoms in total. The van der Waals surface area contributed by atoms with E-state index in [0.29, 0.717) is 0 Å². The van der Waals surface area contributed by atoms with Crippen LogP contribution in [0.15, 0.2) is 42.5 Å². The van der Waals surface area contributed by atoms with Crippen LogP contribution in [-0.4, -0.2) is 11.9 Å². The Bertz CT molecular complexity index is 880. The first-order valence-corrected chi connectivity index (χ1v) is 7.27. The summed E-state index contributed by atoms with van der Waals surface area (Å²) in [4.78, 5) is 0. The number of hydrogen-bond acceptors (Lipinski definition) is 3. The minimum absolute atomic E-state index is 0.260. The SMILES string of the molecule is Cc1cc2ccc3c(c2c(-c2ccc(O)cc2)c1C)OCO3. The number of ether oxygens (including phenoxy) is 2. The van der Waals surface area contributed by atoms with E-state index >= 15 is 0 Å². The molecular weight excluding hydrogens is 276 g/mol. The number of fused-ring (bicyclic) bond motifs is 3. The Balaban J connectivity index is 2.13. The van der Waals surface area contributed by atoms with Crippen molar-refractivity contribution in [3.63, 3.8) is 0 Å². The summed E-state index contributed by atoms with van der Waals surface area (Å²) >= 11 is 0. The highest BCUT2D eigenvalue weighted by atomic mass is 16.7. The molecule has 0 spiro atoms. The molecule has 0 radical (unpaired) electrons. The standard InChI is InChI=1S/C19H16O3/c1-11-9-14-5-8-16-19(22-10-21-16)18(14)17(12(11)2)13-3-6-15(20)7-4-13/h3-9,20H,10H2,1-2H3. The van der Waals surface area contributed by atoms with Gasteiger partial charge in [-0.25, -0.2) is 0 Å². The zero-order valence-electron chi connectivity index (χ0n) is 12.5. The van der Waals surface area contributed by atoms with Crippen molar-refractivity contribution >= 4 is 10.8 Å². The predicted octanol–water partition coefficient (Wildman–Crippen LogP) is 4.56. The molecule has 0 saturated carbocycles. The third kappa shape index (κ3) is 1.82. The monoisotopic (exact) mass is 292 g/mol. The third-order valence-corrected chi connectivity index (χ3v) is 4.32. The van der Waals surface area contributed by atoms with Gasteiger partial charge in [0.1, 0.15) is 5.75 Å². The van der Waals surface area contributed by atoms with Crippen LogP contribution in [0.2, 0.25) is 0 Å². The van der Waals surface area contributed by atoms with E-state index in [9.17, 15) is 5.11 Å². The van der Waals surface area contributed by atoms with Crippen molar-refractivity contribution in [1.82, 2.24) is 0 Å². The number of hydrogen-bond donors (Lipinski definition) is 1. The number of aryl methyl sites for hydroxylation is 1. The molecule has 22 heavy (non-hydrogen) atoms. The maximum atomic E-state index is 9.55. The molecule has 0 bridgehead atoms. The van der Waals surface area contributed by atoms with Crippen LogP contribution < -0.4 is 9.47 Å². The first-order chi connectivity index (χ1) is 10.6. The van der Waals surface area contributed by atoms with Gasteiger partial charge in [0.15, 0.2) is 11.5 Å². The maximum Gasteiger partial charge on any atom is 0.231 e. The molecule has 0 amide bonds. The van der Waals surface area contributed by atoms with Gasteiger partial charge in [-0.1, -0.05) is 24.3 Å². The largest absolute Gasteiger partial charge is 0.508 e. The van der Waals surface area contributed by atoms with E-state index < -0.39 is 0 Å². The first kappa shape index (κ1) is 13.0. The highest BCUT2D eigenvalue weighted by Gasteiger charge is 2.21. The quantitative estimate of drug-likeness (QED) is 0.714. The lowest BCUT2D eigenvalue weighted by molar-refractivity contribution is 0.175. The molecule has 3 aromatic rings. The minimum atomic E-state index is 0.260. The molecule has 1 aliphatic rings. The summed E-state index contributed by atoms with van der Waals surface area (Å²) in [7, 11) is 0. The summed E-state index contributed by atoms with van der Waals surface area (Å²) in [6.07, 6.45) is 0. The molecular formula is C19H16O3. The van der Waals surface area contributed by atoms with E-state index in [1.54, 1.807) is 12.1 Å². The van der Waals surface area contributed by atoms with E-state index in [-0.39, 0.29) is 12.5 Å². The van der Waals surface area contributed by atoms with E-state index in [4.69, 9.17) is 9.47 Å². The van der Waals surface area contributed by atoms with Crippen molar-refractivity contribution in [2.24, 2.45) is 0 Å². The van der Waals surface area contributed by atoms with Crippen molar-refractivity contribution < 1.29 is 14.6 Å². The number of phenols is 1. The molecule has 1 heterocycles. The number of benzene rings is 3. The molecule has 0 fully saturated rings. The molecule has 0 atom stereocenters. The summed E-state index contributed by atoms with van der Waals surface area (Å²) in [6.45, 7) is 4.49. The second-order valence-corrected chi connectivity index (χ2v) is 5.64. The topological polar surface area (TPSA) is 38.7 Å². The van der Waals surface area contributed by atoms with Gasteiger partial charge in [-0.15, -0.1) is 0 Å². The lowest BCUT2D eigenvalue weighted by Gasteiger charge is -2.15. The minimum Gasteiger partial charge on any atom is -0.508 e. The first-order valence-electron chi connectivity index (χ1n) is 7.27. The van der Waals surface area contributed by atoms with Gasteiger partial charge in [0.05, 0.1) is 0 Å². The summed E-state index contributed by atoms with van der Waals surface area (Å²) in [6, 6.07) is 13.5. The molecule has 0 aromatic heterocycles. The Morgan fingerprint density at radius 1 is 0.955 bits per heavy atom. The Morgan fingerprint density at radius 2 is 1.73 bits per heavy atom. The average Bonchev–Trinajstić information content (AvgIpc) is 2.98. The van der Waals surface area contributed by atoms with E-state index in [0.717, 1.165) is 33.4 Å². The molecule has 0 saturated heterocycles. The van der Waals surface area contributed by atoms with Crippen molar-refractivity contribution in [2.75, 3.05) is 6.79 Å². The summed E-state index contributed by atoms with van der Waals surface area (Å²) in [5.74, 6) is 1.86. The van der Waals surface area contributed by atoms with Gasteiger partial charge in [-0.05, 0) is 59.7 Å². The predicted molar refractivity (Wildman–Crippen MR) is 86.6 cm³/mol. The fraction of sp³-hybridized carbons (Fsp3) is 0.158. The van der Waals surface area contributed by atoms with Crippen LogP contribution in [0, 0.1) is 13.8 Å². The van der Waals surface area contributed by atoms with Gasteiger partial charge in [-0.3, -0.25) is 0 Å². The average molecular weight is 292 g/mol. The van der Waals surface area contributed by atoms with Crippen LogP contribution in [0.3, 0.4) is 0 Å². The van der Waals surface area contributed by atoms with Gasteiger partial charge in [0.25, 0.3) is 0 Å². The Morgan fingerprint density at radius 3 is 2.50 bits per heavy atom. The second kappa shape index (κ2) is 4.67. The van der Waals surface area contributed by atoms with Crippen LogP contribution in [-0.2, 0) is 0 Å². The molecule has 110 valence electrons. The van der Waals surface area contributed by atoms with Crippen molar-refractivity contribution in [1.29, 1.82) is 0 Å². The Labute approximate surface area is 128 Å². The molecule has 1 aliphatic heterocycles. The van der Waals surface area contributed by atoms with Crippen LogP contribution in [0.1, 0.15) is 11.1 Å². The number of phenolic OH excluding ortho intramolecular Hbond substituents is 1. The van der Waals surface area contributed by atoms with Gasteiger partial charge in [0.2, 0.25) is 6.79 Å². The van der Waals surface area contributed by atoms with E-state index in [1.807, 2.05) is 18.2 Å². The molecule has 0 unspecified atom stereocenters. The Hall–Kier alpha value is -2.68. The third-order valence-electron chi connectivity index (χ3n) is 4.32. The lowest BCUT2D eigenvalue weighted by atomic mass is 9.90. The normalized spacial score (nSPS) is 12.8. The lowest BCUT2D eigenvalue weighted by Crippen LogP contribution is -1.94. The van der Waals surface area contributed by atoms with E-state index in [1.165, 1.54) is 11.1 Å². The van der Waals surface area contributed by atoms with E-state index in [2.05, 4.69) is 26.0 Å². The zero-order valence-corrected chi connectivity index (χ0v) is 12.5. The second-order valence-electron chi connectivity index (χ2n) is 5.64. The molecule has 3 heteroatoms. The summed E-state index contributed by atoms with van der Waals surface area (Å²) in [5, 5.41) is 11.8. The number of aromatic hydroxyl groups is 1. The fourth-order valence-electron chi connectivity index (χ4n) is 3.08. The van der Waals surface area contributed by atoms with Crippen molar-refractivity contribution in [2.45, 2.75) is 13.8 Å². The van der Waals surface area contributed by atoms with Crippen molar-refractivity contribution in [3.8, 4) is 28.4 Å². The van der Waals surface area contributed by atoms with Crippen LogP contribution in [0.5, 0.6) is 17.2 Å². The molecule has 3 aromatic carbocycles. The molecule has 1 N–H and O–H groups in total. The molecule has 0 aliphatic carbocycles. The highest BCUT2D eigenvalue weighted by molar-refractivity contribution is 6.04. The fourth-order valence-corrected chi connectivity index (χ4v) is 3.08. The van der Waals surface area contributed by atoms with Gasteiger partial charge in [-0.2, -0.15) is 0 Å². The summed E-state index contributed by atoms with van der Waals surface area (Å²) < 4.78 is 11.2.